The van der Waals surface area contributed by atoms with E-state index in [0.29, 0.717) is 28.4 Å². The predicted molar refractivity (Wildman–Crippen MR) is 130 cm³/mol. The zero-order chi connectivity index (χ0) is 22.8. The molecular weight excluding hydrogens is 436 g/mol. The summed E-state index contributed by atoms with van der Waals surface area (Å²) in [6.07, 6.45) is 2.22. The van der Waals surface area contributed by atoms with E-state index in [1.54, 1.807) is 21.2 Å². The highest BCUT2D eigenvalue weighted by molar-refractivity contribution is 7.99. The Morgan fingerprint density at radius 1 is 1.00 bits per heavy atom. The van der Waals surface area contributed by atoms with Crippen LogP contribution in [0.15, 0.2) is 59.4 Å². The lowest BCUT2D eigenvalue weighted by Crippen LogP contribution is -2.48. The number of likely N-dealkylation sites (tertiary alicyclic amines) is 1. The normalized spacial score (nSPS) is 18.2. The van der Waals surface area contributed by atoms with Crippen molar-refractivity contribution in [3.05, 3.63) is 65.0 Å². The Kier molecular flexibility index (Phi) is 6.17. The van der Waals surface area contributed by atoms with Gasteiger partial charge in [0.1, 0.15) is 11.7 Å². The van der Waals surface area contributed by atoms with Crippen molar-refractivity contribution < 1.29 is 9.59 Å². The number of carbonyl (C=O) groups excluding carboxylic acids is 2. The van der Waals surface area contributed by atoms with Gasteiger partial charge in [-0.25, -0.2) is 4.98 Å². The Bertz CT molecular complexity index is 1240. The molecule has 33 heavy (non-hydrogen) atoms. The molecule has 0 aliphatic carbocycles. The van der Waals surface area contributed by atoms with E-state index in [0.717, 1.165) is 31.5 Å². The topological polar surface area (TPSA) is 75.5 Å². The van der Waals surface area contributed by atoms with Crippen LogP contribution in [0.3, 0.4) is 0 Å². The third-order valence-electron chi connectivity index (χ3n) is 6.35. The number of para-hydroxylation sites is 2. The van der Waals surface area contributed by atoms with Crippen molar-refractivity contribution in [3.63, 3.8) is 0 Å². The van der Waals surface area contributed by atoms with Crippen LogP contribution >= 0.6 is 11.8 Å². The summed E-state index contributed by atoms with van der Waals surface area (Å²) in [4.78, 5) is 47.6. The summed E-state index contributed by atoms with van der Waals surface area (Å²) in [5, 5.41) is 0. The van der Waals surface area contributed by atoms with Gasteiger partial charge in [0, 0.05) is 37.4 Å². The van der Waals surface area contributed by atoms with E-state index in [1.807, 2.05) is 59.5 Å². The van der Waals surface area contributed by atoms with E-state index in [4.69, 9.17) is 0 Å². The van der Waals surface area contributed by atoms with Crippen LogP contribution in [0, 0.1) is 0 Å². The molecule has 0 N–H and O–H groups in total. The van der Waals surface area contributed by atoms with Crippen LogP contribution in [0.2, 0.25) is 0 Å². The van der Waals surface area contributed by atoms with Gasteiger partial charge in [-0.1, -0.05) is 42.5 Å². The zero-order valence-corrected chi connectivity index (χ0v) is 19.2. The molecule has 8 heteroatoms. The van der Waals surface area contributed by atoms with Crippen LogP contribution in [-0.4, -0.2) is 61.9 Å². The second-order valence-corrected chi connectivity index (χ2v) is 9.43. The van der Waals surface area contributed by atoms with Gasteiger partial charge >= 0.3 is 0 Å². The van der Waals surface area contributed by atoms with Crippen LogP contribution in [0.25, 0.3) is 22.3 Å². The summed E-state index contributed by atoms with van der Waals surface area (Å²) < 4.78 is 1.64. The minimum absolute atomic E-state index is 0.0590. The molecule has 0 unspecified atom stereocenters. The molecule has 2 aliphatic heterocycles. The second kappa shape index (κ2) is 9.39. The van der Waals surface area contributed by atoms with Crippen LogP contribution < -0.4 is 5.56 Å². The first kappa shape index (κ1) is 21.7. The molecule has 0 bridgehead atoms. The second-order valence-electron chi connectivity index (χ2n) is 8.43. The van der Waals surface area contributed by atoms with Gasteiger partial charge in [-0.15, -0.1) is 11.8 Å². The fourth-order valence-corrected chi connectivity index (χ4v) is 5.76. The summed E-state index contributed by atoms with van der Waals surface area (Å²) in [6, 6.07) is 16.5. The molecule has 2 aromatic carbocycles. The van der Waals surface area contributed by atoms with Gasteiger partial charge < -0.3 is 14.4 Å². The molecule has 1 atom stereocenters. The van der Waals surface area contributed by atoms with Crippen molar-refractivity contribution in [1.29, 1.82) is 0 Å². The van der Waals surface area contributed by atoms with Gasteiger partial charge in [0.25, 0.3) is 5.56 Å². The van der Waals surface area contributed by atoms with Crippen molar-refractivity contribution in [1.82, 2.24) is 19.4 Å². The molecule has 3 heterocycles. The molecule has 170 valence electrons. The van der Waals surface area contributed by atoms with Crippen molar-refractivity contribution in [3.8, 4) is 11.3 Å². The average Bonchev–Trinajstić information content (AvgIpc) is 3.56. The number of rotatable bonds is 5. The average molecular weight is 463 g/mol. The van der Waals surface area contributed by atoms with Gasteiger partial charge in [-0.3, -0.25) is 14.4 Å². The number of hydrogen-bond acceptors (Lipinski definition) is 5. The molecule has 1 aromatic heterocycles. The minimum atomic E-state index is -0.397. The fraction of sp³-hybridized carbons (Fsp3) is 0.360. The van der Waals surface area contributed by atoms with Crippen LogP contribution in [0.4, 0.5) is 0 Å². The molecule has 5 rings (SSSR count). The molecule has 0 saturated carbocycles. The summed E-state index contributed by atoms with van der Waals surface area (Å²) in [7, 11) is 0. The minimum Gasteiger partial charge on any atom is -0.341 e. The molecule has 2 fully saturated rings. The number of nitrogens with zero attached hydrogens (tertiary/aromatic N) is 4. The summed E-state index contributed by atoms with van der Waals surface area (Å²) in [5.41, 5.74) is 2.33. The Morgan fingerprint density at radius 2 is 1.73 bits per heavy atom. The smallest absolute Gasteiger partial charge is 0.277 e. The first-order chi connectivity index (χ1) is 16.1. The number of thioether (sulfide) groups is 1. The van der Waals surface area contributed by atoms with Crippen molar-refractivity contribution >= 4 is 34.6 Å². The number of benzene rings is 2. The number of hydrogen-bond donors (Lipinski definition) is 0. The Labute approximate surface area is 196 Å². The quantitative estimate of drug-likeness (QED) is 0.583. The third kappa shape index (κ3) is 4.27. The molecule has 0 radical (unpaired) electrons. The Morgan fingerprint density at radius 3 is 2.52 bits per heavy atom. The van der Waals surface area contributed by atoms with Crippen molar-refractivity contribution in [2.45, 2.75) is 31.8 Å². The molecule has 2 aliphatic rings. The number of carbonyl (C=O) groups is 2. The van der Waals surface area contributed by atoms with E-state index in [2.05, 4.69) is 4.98 Å². The molecule has 2 amide bonds. The van der Waals surface area contributed by atoms with E-state index < -0.39 is 6.04 Å². The van der Waals surface area contributed by atoms with Gasteiger partial charge in [0.2, 0.25) is 11.8 Å². The third-order valence-corrected chi connectivity index (χ3v) is 7.37. The predicted octanol–water partition coefficient (Wildman–Crippen LogP) is 2.98. The van der Waals surface area contributed by atoms with Gasteiger partial charge in [0.15, 0.2) is 0 Å². The largest absolute Gasteiger partial charge is 0.341 e. The van der Waals surface area contributed by atoms with Crippen LogP contribution in [0.1, 0.15) is 19.3 Å². The van der Waals surface area contributed by atoms with E-state index in [1.165, 1.54) is 0 Å². The standard InChI is InChI=1S/C25H26N4O3S/c30-22(29-17-33-16-21(29)24(31)27-13-6-7-14-27)12-15-28-20-11-5-4-10-19(20)26-23(25(28)32)18-8-2-1-3-9-18/h1-5,8-11,21H,6-7,12-17H2/t21-/m0/s1. The van der Waals surface area contributed by atoms with Gasteiger partial charge in [-0.05, 0) is 25.0 Å². The monoisotopic (exact) mass is 462 g/mol. The van der Waals surface area contributed by atoms with Crippen molar-refractivity contribution in [2.75, 3.05) is 24.7 Å². The highest BCUT2D eigenvalue weighted by Gasteiger charge is 2.37. The number of amides is 2. The first-order valence-corrected chi connectivity index (χ1v) is 12.5. The molecule has 0 spiro atoms. The summed E-state index contributed by atoms with van der Waals surface area (Å²) >= 11 is 1.61. The SMILES string of the molecule is O=C([C@@H]1CSCN1C(=O)CCn1c(=O)c(-c2ccccc2)nc2ccccc21)N1CCCC1. The van der Waals surface area contributed by atoms with E-state index in [-0.39, 0.29) is 30.3 Å². The number of fused-ring (bicyclic) bond motifs is 1. The van der Waals surface area contributed by atoms with E-state index in [9.17, 15) is 14.4 Å². The van der Waals surface area contributed by atoms with Crippen molar-refractivity contribution in [2.24, 2.45) is 0 Å². The van der Waals surface area contributed by atoms with Crippen LogP contribution in [-0.2, 0) is 16.1 Å². The van der Waals surface area contributed by atoms with Gasteiger partial charge in [0.05, 0.1) is 16.9 Å². The van der Waals surface area contributed by atoms with Crippen LogP contribution in [0.5, 0.6) is 0 Å². The molecular formula is C25H26N4O3S. The lowest BCUT2D eigenvalue weighted by molar-refractivity contribution is -0.142. The summed E-state index contributed by atoms with van der Waals surface area (Å²) in [5.74, 6) is 1.12. The zero-order valence-electron chi connectivity index (χ0n) is 18.4. The number of aryl methyl sites for hydroxylation is 1. The van der Waals surface area contributed by atoms with E-state index >= 15 is 0 Å². The maximum absolute atomic E-state index is 13.4. The lowest BCUT2D eigenvalue weighted by atomic mass is 10.1. The molecule has 3 aromatic rings. The maximum atomic E-state index is 13.4. The highest BCUT2D eigenvalue weighted by Crippen LogP contribution is 2.25. The first-order valence-electron chi connectivity index (χ1n) is 11.3. The molecule has 2 saturated heterocycles. The van der Waals surface area contributed by atoms with Gasteiger partial charge in [-0.2, -0.15) is 0 Å². The lowest BCUT2D eigenvalue weighted by Gasteiger charge is -2.27. The molecule has 7 nitrogen and oxygen atoms in total. The summed E-state index contributed by atoms with van der Waals surface area (Å²) in [6.45, 7) is 1.80. The fourth-order valence-electron chi connectivity index (χ4n) is 4.59. The number of aromatic nitrogens is 2. The highest BCUT2D eigenvalue weighted by atomic mass is 32.2. The maximum Gasteiger partial charge on any atom is 0.277 e. The Balaban J connectivity index is 1.40. The Hall–Kier alpha value is -3.13.